The van der Waals surface area contributed by atoms with Crippen molar-refractivity contribution in [1.29, 1.82) is 5.26 Å². The van der Waals surface area contributed by atoms with Gasteiger partial charge in [-0.2, -0.15) is 5.26 Å². The maximum absolute atomic E-state index is 12.1. The second-order valence-corrected chi connectivity index (χ2v) is 5.20. The van der Waals surface area contributed by atoms with Crippen LogP contribution >= 0.6 is 0 Å². The third kappa shape index (κ3) is 3.23. The van der Waals surface area contributed by atoms with Gasteiger partial charge in [-0.25, -0.2) is 0 Å². The van der Waals surface area contributed by atoms with Crippen LogP contribution < -0.4 is 5.32 Å². The van der Waals surface area contributed by atoms with Gasteiger partial charge in [0.2, 0.25) is 5.91 Å². The van der Waals surface area contributed by atoms with Gasteiger partial charge in [-0.15, -0.1) is 0 Å². The summed E-state index contributed by atoms with van der Waals surface area (Å²) in [7, 11) is 0. The minimum atomic E-state index is -0.843. The molecule has 0 bridgehead atoms. The lowest BCUT2D eigenvalue weighted by Crippen LogP contribution is -2.46. The highest BCUT2D eigenvalue weighted by Gasteiger charge is 2.35. The summed E-state index contributed by atoms with van der Waals surface area (Å²) in [6, 6.07) is 2.54. The van der Waals surface area contributed by atoms with Crippen molar-refractivity contribution in [3.8, 4) is 6.07 Å². The lowest BCUT2D eigenvalue weighted by atomic mass is 9.83. The van der Waals surface area contributed by atoms with Gasteiger partial charge in [-0.1, -0.05) is 13.8 Å². The number of nitrogens with zero attached hydrogens (tertiary/aromatic N) is 2. The molecule has 1 aliphatic rings. The molecule has 1 unspecified atom stereocenters. The Labute approximate surface area is 110 Å². The van der Waals surface area contributed by atoms with E-state index in [1.54, 1.807) is 0 Å². The lowest BCUT2D eigenvalue weighted by molar-refractivity contribution is -0.128. The van der Waals surface area contributed by atoms with Gasteiger partial charge in [-0.05, 0) is 45.7 Å². The molecule has 0 aromatic carbocycles. The van der Waals surface area contributed by atoms with Crippen molar-refractivity contribution in [3.63, 3.8) is 0 Å². The first-order chi connectivity index (χ1) is 8.59. The molecule has 0 aliphatic carbocycles. The number of carbonyl (C=O) groups excluding carboxylic acids is 1. The number of likely N-dealkylation sites (tertiary alicyclic amines) is 1. The van der Waals surface area contributed by atoms with E-state index >= 15 is 0 Å². The predicted molar refractivity (Wildman–Crippen MR) is 71.9 cm³/mol. The van der Waals surface area contributed by atoms with E-state index < -0.39 is 5.41 Å². The van der Waals surface area contributed by atoms with Crippen molar-refractivity contribution >= 4 is 5.91 Å². The summed E-state index contributed by atoms with van der Waals surface area (Å²) in [5.74, 6) is -0.110. The fraction of sp³-hybridized carbons (Fsp3) is 0.857. The first-order valence-corrected chi connectivity index (χ1v) is 7.03. The fourth-order valence-corrected chi connectivity index (χ4v) is 2.50. The molecule has 1 heterocycles. The molecule has 102 valence electrons. The molecule has 0 saturated carbocycles. The van der Waals surface area contributed by atoms with Gasteiger partial charge in [0.15, 0.2) is 0 Å². The summed E-state index contributed by atoms with van der Waals surface area (Å²) >= 11 is 0. The quantitative estimate of drug-likeness (QED) is 0.784. The molecule has 0 aromatic rings. The smallest absolute Gasteiger partial charge is 0.240 e. The van der Waals surface area contributed by atoms with Crippen molar-refractivity contribution < 1.29 is 4.79 Å². The monoisotopic (exact) mass is 251 g/mol. The van der Waals surface area contributed by atoms with Crippen LogP contribution in [0.2, 0.25) is 0 Å². The van der Waals surface area contributed by atoms with Crippen LogP contribution in [0.1, 0.15) is 46.5 Å². The fourth-order valence-electron chi connectivity index (χ4n) is 2.50. The van der Waals surface area contributed by atoms with E-state index in [0.717, 1.165) is 13.1 Å². The number of nitrogens with one attached hydrogen (secondary N) is 1. The summed E-state index contributed by atoms with van der Waals surface area (Å²) < 4.78 is 0. The Morgan fingerprint density at radius 3 is 2.39 bits per heavy atom. The van der Waals surface area contributed by atoms with Gasteiger partial charge >= 0.3 is 0 Å². The van der Waals surface area contributed by atoms with Crippen LogP contribution in [0.15, 0.2) is 0 Å². The summed E-state index contributed by atoms with van der Waals surface area (Å²) in [5, 5.41) is 12.2. The van der Waals surface area contributed by atoms with E-state index in [9.17, 15) is 10.1 Å². The zero-order valence-corrected chi connectivity index (χ0v) is 11.8. The highest BCUT2D eigenvalue weighted by atomic mass is 16.2. The van der Waals surface area contributed by atoms with Gasteiger partial charge in [-0.3, -0.25) is 9.69 Å². The van der Waals surface area contributed by atoms with E-state index in [1.807, 2.05) is 13.8 Å². The maximum Gasteiger partial charge on any atom is 0.240 e. The third-order valence-electron chi connectivity index (χ3n) is 4.18. The van der Waals surface area contributed by atoms with Crippen molar-refractivity contribution in [3.05, 3.63) is 0 Å². The highest BCUT2D eigenvalue weighted by molar-refractivity contribution is 5.85. The molecule has 1 saturated heterocycles. The lowest BCUT2D eigenvalue weighted by Gasteiger charge is -2.27. The largest absolute Gasteiger partial charge is 0.353 e. The number of rotatable bonds is 6. The standard InChI is InChI=1S/C14H25N3O/c1-4-14(5-2,11-15)13(18)16-10-12(3)17-8-6-7-9-17/h12H,4-10H2,1-3H3,(H,16,18). The molecule has 0 radical (unpaired) electrons. The summed E-state index contributed by atoms with van der Waals surface area (Å²) in [4.78, 5) is 14.5. The molecular weight excluding hydrogens is 226 g/mol. The molecular formula is C14H25N3O. The summed E-state index contributed by atoms with van der Waals surface area (Å²) in [6.07, 6.45) is 3.66. The molecule has 1 aliphatic heterocycles. The predicted octanol–water partition coefficient (Wildman–Crippen LogP) is 1.92. The van der Waals surface area contributed by atoms with Crippen LogP contribution in [0.5, 0.6) is 0 Å². The number of carbonyl (C=O) groups is 1. The Morgan fingerprint density at radius 2 is 1.94 bits per heavy atom. The van der Waals surface area contributed by atoms with Crippen LogP contribution in [0, 0.1) is 16.7 Å². The average molecular weight is 251 g/mol. The SMILES string of the molecule is CCC(C#N)(CC)C(=O)NCC(C)N1CCCC1. The van der Waals surface area contributed by atoms with Crippen molar-refractivity contribution in [2.45, 2.75) is 52.5 Å². The normalized spacial score (nSPS) is 18.3. The second kappa shape index (κ2) is 6.75. The van der Waals surface area contributed by atoms with E-state index in [1.165, 1.54) is 12.8 Å². The first-order valence-electron chi connectivity index (χ1n) is 7.03. The molecule has 0 spiro atoms. The van der Waals surface area contributed by atoms with Gasteiger partial charge in [0.1, 0.15) is 5.41 Å². The number of hydrogen-bond acceptors (Lipinski definition) is 3. The third-order valence-corrected chi connectivity index (χ3v) is 4.18. The Balaban J connectivity index is 2.47. The Kier molecular flexibility index (Phi) is 5.61. The van der Waals surface area contributed by atoms with Gasteiger partial charge in [0.25, 0.3) is 0 Å². The van der Waals surface area contributed by atoms with Crippen molar-refractivity contribution in [1.82, 2.24) is 10.2 Å². The Morgan fingerprint density at radius 1 is 1.39 bits per heavy atom. The van der Waals surface area contributed by atoms with Crippen LogP contribution in [0.4, 0.5) is 0 Å². The molecule has 1 rings (SSSR count). The maximum atomic E-state index is 12.1. The highest BCUT2D eigenvalue weighted by Crippen LogP contribution is 2.25. The van der Waals surface area contributed by atoms with Crippen LogP contribution in [0.3, 0.4) is 0 Å². The number of hydrogen-bond donors (Lipinski definition) is 1. The Hall–Kier alpha value is -1.08. The van der Waals surface area contributed by atoms with Crippen molar-refractivity contribution in [2.75, 3.05) is 19.6 Å². The van der Waals surface area contributed by atoms with Gasteiger partial charge in [0, 0.05) is 12.6 Å². The Bertz CT molecular complexity index is 311. The molecule has 1 fully saturated rings. The number of nitriles is 1. The van der Waals surface area contributed by atoms with E-state index in [-0.39, 0.29) is 5.91 Å². The van der Waals surface area contributed by atoms with Gasteiger partial charge in [0.05, 0.1) is 6.07 Å². The molecule has 4 heteroatoms. The number of amides is 1. The van der Waals surface area contributed by atoms with E-state index in [4.69, 9.17) is 0 Å². The molecule has 1 atom stereocenters. The molecule has 1 amide bonds. The van der Waals surface area contributed by atoms with Gasteiger partial charge < -0.3 is 5.32 Å². The van der Waals surface area contributed by atoms with E-state index in [2.05, 4.69) is 23.2 Å². The molecule has 4 nitrogen and oxygen atoms in total. The average Bonchev–Trinajstić information content (AvgIpc) is 2.92. The first kappa shape index (κ1) is 15.0. The minimum Gasteiger partial charge on any atom is -0.353 e. The van der Waals surface area contributed by atoms with Crippen molar-refractivity contribution in [2.24, 2.45) is 5.41 Å². The zero-order valence-electron chi connectivity index (χ0n) is 11.8. The zero-order chi connectivity index (χ0) is 13.6. The topological polar surface area (TPSA) is 56.1 Å². The second-order valence-electron chi connectivity index (χ2n) is 5.20. The summed E-state index contributed by atoms with van der Waals surface area (Å²) in [5.41, 5.74) is -0.843. The van der Waals surface area contributed by atoms with Crippen LogP contribution in [-0.2, 0) is 4.79 Å². The molecule has 1 N–H and O–H groups in total. The molecule has 18 heavy (non-hydrogen) atoms. The van der Waals surface area contributed by atoms with Crippen LogP contribution in [-0.4, -0.2) is 36.5 Å². The van der Waals surface area contributed by atoms with E-state index in [0.29, 0.717) is 25.4 Å². The van der Waals surface area contributed by atoms with Crippen LogP contribution in [0.25, 0.3) is 0 Å². The minimum absolute atomic E-state index is 0.110. The molecule has 0 aromatic heterocycles. The summed E-state index contributed by atoms with van der Waals surface area (Å²) in [6.45, 7) is 8.83.